The Labute approximate surface area is 498 Å². The second-order valence-electron chi connectivity index (χ2n) is 22.5. The number of Topliss-reactive ketones (excluding diaryl/α,β-unsaturated/α-hetero) is 1. The number of aliphatic hydroxyl groups is 3. The molecule has 7 N–H and O–H groups in total. The second kappa shape index (κ2) is 26.2. The van der Waals surface area contributed by atoms with Gasteiger partial charge in [0.15, 0.2) is 17.9 Å². The summed E-state index contributed by atoms with van der Waals surface area (Å²) in [6.07, 6.45) is -1.91. The van der Waals surface area contributed by atoms with Crippen LogP contribution in [0.5, 0.6) is 17.2 Å². The van der Waals surface area contributed by atoms with Gasteiger partial charge in [0.2, 0.25) is 11.7 Å². The quantitative estimate of drug-likeness (QED) is 0.0197. The molecule has 86 heavy (non-hydrogen) atoms. The summed E-state index contributed by atoms with van der Waals surface area (Å²) >= 11 is 0. The molecule has 1 fully saturated rings. The first-order chi connectivity index (χ1) is 41.4. The highest BCUT2D eigenvalue weighted by Crippen LogP contribution is 2.56. The van der Waals surface area contributed by atoms with E-state index in [0.717, 1.165) is 31.8 Å². The number of unbranched alkanes of at least 4 members (excludes halogenated alkanes) is 3. The van der Waals surface area contributed by atoms with Crippen molar-refractivity contribution in [2.75, 3.05) is 25.2 Å². The molecule has 20 heteroatoms. The lowest BCUT2D eigenvalue weighted by molar-refractivity contribution is -0.249. The molecule has 448 valence electrons. The number of hydrogen-bond acceptors (Lipinski definition) is 16. The summed E-state index contributed by atoms with van der Waals surface area (Å²) in [5.74, 6) is -4.66. The number of carbonyl (C=O) groups is 5. The molecule has 0 radical (unpaired) electrons. The van der Waals surface area contributed by atoms with Crippen molar-refractivity contribution < 1.29 is 68.5 Å². The van der Waals surface area contributed by atoms with Crippen molar-refractivity contribution in [3.63, 3.8) is 0 Å². The van der Waals surface area contributed by atoms with Gasteiger partial charge in [0, 0.05) is 66.7 Å². The average molecular weight is 1190 g/mol. The number of methoxy groups -OCH3 is 1. The number of benzene rings is 6. The van der Waals surface area contributed by atoms with E-state index in [4.69, 9.17) is 18.9 Å². The van der Waals surface area contributed by atoms with E-state index in [2.05, 4.69) is 112 Å². The van der Waals surface area contributed by atoms with Gasteiger partial charge in [0.1, 0.15) is 64.8 Å². The number of aryl methyl sites for hydroxylation is 1. The number of nitrogens with zero attached hydrogens (tertiary/aromatic N) is 3. The standard InChI is InChI=1S/C66H70N5O14P/c1-39(2)64(79)67-42-29-27-41(28-30-42)51(33-43-37-71(70-69-43)31-16-5-6-17-32-86(44-19-10-7-11-20-44,45-21-12-8-13-22-45)46-23-14-9-15-24-46)85-65(80)68-49-34-54(83-40(3)59(49)74)84-52-36-66(81,53(73)38-72)35-48-56(52)63(78)58-57(61(48)76)60(75)47-25-18-26-50(82-4)55(47)62(58)77/h7-15,18-30,37,39-40,49,51-52,54,59,72,74,81H,5-6,16-17,31-36,38H2,1-4H3,(H3-,67,68,69,70,75,76,77,78,79,80)/p+1/t40-,49-,51?,52-,54?,59+,66-/m0/s1. The third kappa shape index (κ3) is 12.4. The lowest BCUT2D eigenvalue weighted by atomic mass is 9.72. The molecule has 0 saturated carbocycles. The number of alkyl carbamates (subject to hydrolysis) is 1. The third-order valence-electron chi connectivity index (χ3n) is 16.6. The van der Waals surface area contributed by atoms with Crippen molar-refractivity contribution >= 4 is 58.2 Å². The molecule has 10 rings (SSSR count). The molecule has 1 aromatic heterocycles. The van der Waals surface area contributed by atoms with Crippen molar-refractivity contribution in [2.24, 2.45) is 5.92 Å². The molecule has 7 atom stereocenters. The Kier molecular flexibility index (Phi) is 18.6. The van der Waals surface area contributed by atoms with E-state index in [1.807, 2.05) is 6.20 Å². The van der Waals surface area contributed by atoms with Gasteiger partial charge in [-0.2, -0.15) is 0 Å². The Morgan fingerprint density at radius 3 is 2.05 bits per heavy atom. The summed E-state index contributed by atoms with van der Waals surface area (Å²) in [5, 5.41) is 75.8. The van der Waals surface area contributed by atoms with Crippen LogP contribution in [0.4, 0.5) is 10.5 Å². The first-order valence-corrected chi connectivity index (χ1v) is 31.0. The van der Waals surface area contributed by atoms with Crippen LogP contribution < -0.4 is 31.3 Å². The predicted molar refractivity (Wildman–Crippen MR) is 322 cm³/mol. The van der Waals surface area contributed by atoms with Gasteiger partial charge in [-0.05, 0) is 86.3 Å². The topological polar surface area (TPSA) is 278 Å². The molecule has 6 aromatic carbocycles. The van der Waals surface area contributed by atoms with Gasteiger partial charge in [-0.15, -0.1) is 5.10 Å². The van der Waals surface area contributed by atoms with Crippen molar-refractivity contribution in [3.8, 4) is 17.2 Å². The fraction of sp³-hybridized carbons (Fsp3) is 0.348. The van der Waals surface area contributed by atoms with Crippen molar-refractivity contribution in [1.29, 1.82) is 0 Å². The summed E-state index contributed by atoms with van der Waals surface area (Å²) in [5.41, 5.74) is -2.62. The highest BCUT2D eigenvalue weighted by Gasteiger charge is 2.51. The molecule has 3 aliphatic rings. The Bertz CT molecular complexity index is 3510. The van der Waals surface area contributed by atoms with Gasteiger partial charge >= 0.3 is 6.09 Å². The van der Waals surface area contributed by atoms with E-state index in [1.165, 1.54) is 48.1 Å². The van der Waals surface area contributed by atoms with E-state index in [9.17, 15) is 49.5 Å². The number of rotatable bonds is 22. The summed E-state index contributed by atoms with van der Waals surface area (Å²) in [6, 6.07) is 42.6. The zero-order valence-corrected chi connectivity index (χ0v) is 49.2. The Morgan fingerprint density at radius 1 is 0.802 bits per heavy atom. The van der Waals surface area contributed by atoms with Crippen molar-refractivity contribution in [1.82, 2.24) is 20.3 Å². The number of hydrogen-bond donors (Lipinski definition) is 7. The summed E-state index contributed by atoms with van der Waals surface area (Å²) in [4.78, 5) is 68.2. The summed E-state index contributed by atoms with van der Waals surface area (Å²) in [6.45, 7) is 4.58. The van der Waals surface area contributed by atoms with Crippen molar-refractivity contribution in [2.45, 2.75) is 121 Å². The maximum Gasteiger partial charge on any atom is 0.408 e. The molecule has 0 spiro atoms. The van der Waals surface area contributed by atoms with Crippen LogP contribution in [-0.4, -0.2) is 120 Å². The predicted octanol–water partition coefficient (Wildman–Crippen LogP) is 7.49. The van der Waals surface area contributed by atoms with E-state index in [-0.39, 0.29) is 52.7 Å². The van der Waals surface area contributed by atoms with E-state index in [1.54, 1.807) is 42.8 Å². The Hall–Kier alpha value is -8.16. The highest BCUT2D eigenvalue weighted by atomic mass is 31.2. The normalized spacial score (nSPS) is 20.3. The lowest BCUT2D eigenvalue weighted by Gasteiger charge is -2.42. The number of ether oxygens (including phenoxy) is 4. The molecule has 0 bridgehead atoms. The number of aromatic hydroxyl groups is 2. The molecule has 19 nitrogen and oxygen atoms in total. The molecule has 7 aromatic rings. The zero-order valence-electron chi connectivity index (χ0n) is 48.3. The van der Waals surface area contributed by atoms with Gasteiger partial charge in [0.25, 0.3) is 0 Å². The van der Waals surface area contributed by atoms with Crippen molar-refractivity contribution in [3.05, 3.63) is 184 Å². The SMILES string of the molecule is COc1cccc2c1C(=O)c1c(O)c3c(c(O)c1C2=O)C[C@@](O)(C(=O)CO)C[C@@H]3OC1C[C@H](NC(=O)OC(Cc2cn(CCCCCC[P+](c3ccccc3)(c3ccccc3)c3ccccc3)nn2)c2ccc(NC(=O)C(C)C)cc2)[C@H](O)[C@H](C)O1. The molecule has 1 saturated heterocycles. The maximum atomic E-state index is 14.2. The Balaban J connectivity index is 0.834. The first kappa shape index (κ1) is 60.9. The van der Waals surface area contributed by atoms with Gasteiger partial charge in [-0.3, -0.25) is 23.9 Å². The second-order valence-corrected chi connectivity index (χ2v) is 26.2. The number of amides is 2. The van der Waals surface area contributed by atoms with Gasteiger partial charge in [-0.1, -0.05) is 104 Å². The van der Waals surface area contributed by atoms with Crippen LogP contribution >= 0.6 is 7.26 Å². The smallest absolute Gasteiger partial charge is 0.408 e. The van der Waals surface area contributed by atoms with Crippen LogP contribution in [0.1, 0.15) is 126 Å². The maximum absolute atomic E-state index is 14.2. The van der Waals surface area contributed by atoms with Gasteiger partial charge in [0.05, 0.1) is 53.9 Å². The van der Waals surface area contributed by atoms with E-state index < -0.39 is 115 Å². The number of nitrogens with one attached hydrogen (secondary N) is 2. The number of fused-ring (bicyclic) bond motifs is 3. The number of ketones is 3. The zero-order chi connectivity index (χ0) is 60.9. The van der Waals surface area contributed by atoms with Crippen LogP contribution in [-0.2, 0) is 43.2 Å². The number of aromatic nitrogens is 3. The third-order valence-corrected chi connectivity index (χ3v) is 21.1. The van der Waals surface area contributed by atoms with Gasteiger partial charge in [-0.25, -0.2) is 4.79 Å². The molecule has 2 amide bonds. The fourth-order valence-electron chi connectivity index (χ4n) is 12.1. The summed E-state index contributed by atoms with van der Waals surface area (Å²) < 4.78 is 25.8. The monoisotopic (exact) mass is 1190 g/mol. The van der Waals surface area contributed by atoms with Crippen LogP contribution in [0.2, 0.25) is 0 Å². The number of anilines is 1. The minimum Gasteiger partial charge on any atom is -0.507 e. The van der Waals surface area contributed by atoms with Crippen LogP contribution in [0.25, 0.3) is 0 Å². The molecule has 2 unspecified atom stereocenters. The Morgan fingerprint density at radius 2 is 1.43 bits per heavy atom. The molecule has 2 aliphatic carbocycles. The van der Waals surface area contributed by atoms with E-state index >= 15 is 0 Å². The highest BCUT2D eigenvalue weighted by molar-refractivity contribution is 7.95. The average Bonchev–Trinajstić information content (AvgIpc) is 0.783. The molecular formula is C66H71N5O14P+. The summed E-state index contributed by atoms with van der Waals surface area (Å²) in [7, 11) is -0.642. The first-order valence-electron chi connectivity index (χ1n) is 29.0. The molecule has 2 heterocycles. The fourth-order valence-corrected chi connectivity index (χ4v) is 16.5. The number of phenolic OH excluding ortho intramolecular Hbond substituents is 2. The van der Waals surface area contributed by atoms with Gasteiger partial charge < -0.3 is 55.1 Å². The minimum absolute atomic E-state index is 0.0435. The number of phenols is 2. The molecular weight excluding hydrogens is 1120 g/mol. The minimum atomic E-state index is -2.41. The largest absolute Gasteiger partial charge is 0.507 e. The molecule has 1 aliphatic heterocycles. The lowest BCUT2D eigenvalue weighted by Crippen LogP contribution is -2.56. The van der Waals surface area contributed by atoms with Crippen LogP contribution in [0, 0.1) is 5.92 Å². The van der Waals surface area contributed by atoms with Crippen LogP contribution in [0.3, 0.4) is 0 Å². The number of carbonyl (C=O) groups excluding carboxylic acids is 5. The number of aliphatic hydroxyl groups excluding tert-OH is 2. The van der Waals surface area contributed by atoms with Crippen LogP contribution in [0.15, 0.2) is 140 Å². The van der Waals surface area contributed by atoms with E-state index in [0.29, 0.717) is 23.5 Å².